The summed E-state index contributed by atoms with van der Waals surface area (Å²) in [4.78, 5) is 0. The van der Waals surface area contributed by atoms with Crippen LogP contribution in [0.3, 0.4) is 0 Å². The van der Waals surface area contributed by atoms with Crippen LogP contribution >= 0.6 is 0 Å². The smallest absolute Gasteiger partial charge is 0.0952 e. The van der Waals surface area contributed by atoms with E-state index in [9.17, 15) is 5.11 Å². The van der Waals surface area contributed by atoms with E-state index in [-0.39, 0.29) is 0 Å². The van der Waals surface area contributed by atoms with Gasteiger partial charge in [-0.3, -0.25) is 0 Å². The van der Waals surface area contributed by atoms with Gasteiger partial charge in [-0.25, -0.2) is 0 Å². The normalized spacial score (nSPS) is 42.2. The summed E-state index contributed by atoms with van der Waals surface area (Å²) in [6, 6.07) is 8.96. The molecule has 4 aliphatic rings. The van der Waals surface area contributed by atoms with Crippen molar-refractivity contribution in [1.82, 2.24) is 0 Å². The molecule has 0 radical (unpaired) electrons. The molecule has 0 aromatic heterocycles. The fourth-order valence-corrected chi connectivity index (χ4v) is 5.69. The summed E-state index contributed by atoms with van der Waals surface area (Å²) in [5.74, 6) is 3.47. The second-order valence-electron chi connectivity index (χ2n) is 8.06. The quantitative estimate of drug-likeness (QED) is 0.841. The van der Waals surface area contributed by atoms with E-state index in [1.54, 1.807) is 0 Å². The van der Waals surface area contributed by atoms with Crippen molar-refractivity contribution in [2.45, 2.75) is 63.9 Å². The van der Waals surface area contributed by atoms with Crippen molar-refractivity contribution in [2.24, 2.45) is 23.7 Å². The Balaban J connectivity index is 1.66. The molecule has 1 nitrogen and oxygen atoms in total. The highest BCUT2D eigenvalue weighted by atomic mass is 16.3. The molecule has 1 N–H and O–H groups in total. The van der Waals surface area contributed by atoms with Crippen LogP contribution in [0.2, 0.25) is 0 Å². The van der Waals surface area contributed by atoms with Gasteiger partial charge >= 0.3 is 0 Å². The average molecular weight is 284 g/mol. The fraction of sp³-hybridized carbons (Fsp3) is 0.700. The fourth-order valence-electron chi connectivity index (χ4n) is 5.69. The van der Waals surface area contributed by atoms with Crippen molar-refractivity contribution in [3.05, 3.63) is 35.4 Å². The largest absolute Gasteiger partial charge is 0.385 e. The van der Waals surface area contributed by atoms with Gasteiger partial charge in [0.05, 0.1) is 5.60 Å². The van der Waals surface area contributed by atoms with Gasteiger partial charge in [0.15, 0.2) is 0 Å². The van der Waals surface area contributed by atoms with E-state index in [4.69, 9.17) is 0 Å². The molecule has 4 bridgehead atoms. The molecule has 0 spiro atoms. The number of hydrogen-bond acceptors (Lipinski definition) is 1. The topological polar surface area (TPSA) is 20.2 Å². The molecule has 0 aliphatic heterocycles. The highest BCUT2D eigenvalue weighted by Gasteiger charge is 2.57. The summed E-state index contributed by atoms with van der Waals surface area (Å²) in [6.07, 6.45) is 7.66. The Bertz CT molecular complexity index is 487. The molecule has 114 valence electrons. The van der Waals surface area contributed by atoms with Gasteiger partial charge in [0, 0.05) is 0 Å². The van der Waals surface area contributed by atoms with E-state index >= 15 is 0 Å². The average Bonchev–Trinajstić information content (AvgIpc) is 2.51. The van der Waals surface area contributed by atoms with Crippen LogP contribution < -0.4 is 0 Å². The van der Waals surface area contributed by atoms with Gasteiger partial charge in [0.2, 0.25) is 0 Å². The lowest BCUT2D eigenvalue weighted by Crippen LogP contribution is -2.55. The second-order valence-corrected chi connectivity index (χ2v) is 8.06. The van der Waals surface area contributed by atoms with Gasteiger partial charge in [-0.1, -0.05) is 38.1 Å². The molecular weight excluding hydrogens is 256 g/mol. The molecule has 5 rings (SSSR count). The molecular formula is C20H28O. The summed E-state index contributed by atoms with van der Waals surface area (Å²) in [5, 5.41) is 11.5. The van der Waals surface area contributed by atoms with Gasteiger partial charge in [-0.15, -0.1) is 0 Å². The van der Waals surface area contributed by atoms with Crippen LogP contribution in [-0.4, -0.2) is 5.11 Å². The first-order chi connectivity index (χ1) is 10.1. The van der Waals surface area contributed by atoms with E-state index in [1.807, 2.05) is 0 Å². The summed E-state index contributed by atoms with van der Waals surface area (Å²) >= 11 is 0. The van der Waals surface area contributed by atoms with E-state index in [1.165, 1.54) is 49.7 Å². The monoisotopic (exact) mass is 284 g/mol. The van der Waals surface area contributed by atoms with E-state index in [0.29, 0.717) is 17.8 Å². The summed E-state index contributed by atoms with van der Waals surface area (Å²) in [5.41, 5.74) is 2.08. The maximum Gasteiger partial charge on any atom is 0.0952 e. The third kappa shape index (κ3) is 2.00. The van der Waals surface area contributed by atoms with Gasteiger partial charge in [-0.2, -0.15) is 0 Å². The Morgan fingerprint density at radius 2 is 1.52 bits per heavy atom. The molecule has 4 fully saturated rings. The van der Waals surface area contributed by atoms with Crippen LogP contribution in [0.25, 0.3) is 0 Å². The lowest BCUT2D eigenvalue weighted by Gasteiger charge is -2.59. The highest BCUT2D eigenvalue weighted by molar-refractivity contribution is 5.32. The van der Waals surface area contributed by atoms with Crippen molar-refractivity contribution in [3.8, 4) is 0 Å². The van der Waals surface area contributed by atoms with Gasteiger partial charge in [0.25, 0.3) is 0 Å². The maximum atomic E-state index is 11.5. The molecule has 0 saturated heterocycles. The molecule has 4 aliphatic carbocycles. The van der Waals surface area contributed by atoms with Crippen LogP contribution in [0.5, 0.6) is 0 Å². The Hall–Kier alpha value is -0.820. The third-order valence-corrected chi connectivity index (χ3v) is 6.94. The Morgan fingerprint density at radius 3 is 2.00 bits per heavy atom. The second kappa shape index (κ2) is 4.84. The minimum atomic E-state index is -0.526. The van der Waals surface area contributed by atoms with Gasteiger partial charge < -0.3 is 5.11 Å². The zero-order valence-electron chi connectivity index (χ0n) is 13.4. The SMILES string of the molecule is CCC(C)c1ccc(C2(O)C3CC4CC(C3)CC2C4)cc1. The van der Waals surface area contributed by atoms with Crippen molar-refractivity contribution >= 4 is 0 Å². The van der Waals surface area contributed by atoms with Crippen LogP contribution in [0.4, 0.5) is 0 Å². The van der Waals surface area contributed by atoms with Crippen molar-refractivity contribution < 1.29 is 5.11 Å². The van der Waals surface area contributed by atoms with E-state index < -0.39 is 5.60 Å². The zero-order valence-corrected chi connectivity index (χ0v) is 13.4. The van der Waals surface area contributed by atoms with Crippen molar-refractivity contribution in [3.63, 3.8) is 0 Å². The lowest BCUT2D eigenvalue weighted by atomic mass is 9.48. The number of aliphatic hydroxyl groups is 1. The minimum Gasteiger partial charge on any atom is -0.385 e. The Labute approximate surface area is 128 Å². The molecule has 1 atom stereocenters. The van der Waals surface area contributed by atoms with E-state index in [2.05, 4.69) is 38.1 Å². The van der Waals surface area contributed by atoms with Gasteiger partial charge in [0.1, 0.15) is 0 Å². The molecule has 0 amide bonds. The maximum absolute atomic E-state index is 11.5. The first-order valence-corrected chi connectivity index (χ1v) is 8.94. The van der Waals surface area contributed by atoms with Crippen LogP contribution in [0.15, 0.2) is 24.3 Å². The summed E-state index contributed by atoms with van der Waals surface area (Å²) < 4.78 is 0. The molecule has 1 heteroatoms. The number of hydrogen-bond donors (Lipinski definition) is 1. The first-order valence-electron chi connectivity index (χ1n) is 8.94. The highest BCUT2D eigenvalue weighted by Crippen LogP contribution is 2.61. The molecule has 4 saturated carbocycles. The standard InChI is InChI=1S/C20H28O/c1-3-13(2)16-4-6-17(7-5-16)20(21)18-9-14-8-15(11-18)12-19(20)10-14/h4-7,13-15,18-19,21H,3,8-12H2,1-2H3. The van der Waals surface area contributed by atoms with Crippen LogP contribution in [0, 0.1) is 23.7 Å². The Kier molecular flexibility index (Phi) is 3.19. The van der Waals surface area contributed by atoms with E-state index in [0.717, 1.165) is 11.8 Å². The third-order valence-electron chi connectivity index (χ3n) is 6.94. The van der Waals surface area contributed by atoms with Crippen LogP contribution in [0.1, 0.15) is 69.4 Å². The predicted molar refractivity (Wildman–Crippen MR) is 86.1 cm³/mol. The molecule has 1 aromatic carbocycles. The van der Waals surface area contributed by atoms with Gasteiger partial charge in [-0.05, 0) is 79.2 Å². The summed E-state index contributed by atoms with van der Waals surface area (Å²) in [6.45, 7) is 4.52. The predicted octanol–water partition coefficient (Wildman–Crippen LogP) is 4.84. The number of benzene rings is 1. The van der Waals surface area contributed by atoms with Crippen LogP contribution in [-0.2, 0) is 5.60 Å². The van der Waals surface area contributed by atoms with Crippen molar-refractivity contribution in [2.75, 3.05) is 0 Å². The molecule has 1 aromatic rings. The van der Waals surface area contributed by atoms with Crippen molar-refractivity contribution in [1.29, 1.82) is 0 Å². The lowest BCUT2D eigenvalue weighted by molar-refractivity contribution is -0.179. The molecule has 21 heavy (non-hydrogen) atoms. The molecule has 0 heterocycles. The number of rotatable bonds is 3. The Morgan fingerprint density at radius 1 is 1.00 bits per heavy atom. The zero-order chi connectivity index (χ0) is 14.6. The minimum absolute atomic E-state index is 0.517. The summed E-state index contributed by atoms with van der Waals surface area (Å²) in [7, 11) is 0. The molecule has 1 unspecified atom stereocenters. The first kappa shape index (κ1) is 13.8.